The molecule has 0 saturated heterocycles. The minimum Gasteiger partial charge on any atom is -0.494 e. The third-order valence-corrected chi connectivity index (χ3v) is 3.75. The van der Waals surface area contributed by atoms with Crippen LogP contribution in [-0.2, 0) is 6.54 Å². The van der Waals surface area contributed by atoms with E-state index in [0.29, 0.717) is 25.7 Å². The van der Waals surface area contributed by atoms with E-state index in [2.05, 4.69) is 15.6 Å². The fraction of sp³-hybridized carbons (Fsp3) is 0.350. The molecule has 2 aromatic carbocycles. The Morgan fingerprint density at radius 1 is 1.11 bits per heavy atom. The highest BCUT2D eigenvalue weighted by Crippen LogP contribution is 2.19. The Morgan fingerprint density at radius 3 is 2.52 bits per heavy atom. The van der Waals surface area contributed by atoms with Crippen molar-refractivity contribution in [2.45, 2.75) is 26.5 Å². The van der Waals surface area contributed by atoms with E-state index in [1.807, 2.05) is 38.1 Å². The number of hydrogen-bond acceptors (Lipinski definition) is 3. The lowest BCUT2D eigenvalue weighted by molar-refractivity contribution is 0.176. The summed E-state index contributed by atoms with van der Waals surface area (Å²) in [4.78, 5) is 4.52. The molecule has 0 aliphatic heterocycles. The lowest BCUT2D eigenvalue weighted by atomic mass is 10.1. The number of rotatable bonds is 8. The highest BCUT2D eigenvalue weighted by Gasteiger charge is 2.12. The first-order valence-electron chi connectivity index (χ1n) is 8.81. The largest absolute Gasteiger partial charge is 0.494 e. The van der Waals surface area contributed by atoms with Crippen molar-refractivity contribution in [1.82, 2.24) is 10.6 Å². The molecule has 1 atom stereocenters. The van der Waals surface area contributed by atoms with Crippen LogP contribution in [0.4, 0.5) is 4.39 Å². The van der Waals surface area contributed by atoms with E-state index in [1.165, 1.54) is 6.07 Å². The summed E-state index contributed by atoms with van der Waals surface area (Å²) >= 11 is 0. The lowest BCUT2D eigenvalue weighted by Gasteiger charge is -2.16. The van der Waals surface area contributed by atoms with Crippen molar-refractivity contribution >= 4 is 29.9 Å². The molecule has 2 aromatic rings. The maximum atomic E-state index is 13.8. The Hall–Kier alpha value is -1.87. The van der Waals surface area contributed by atoms with E-state index in [1.54, 1.807) is 18.2 Å². The Morgan fingerprint density at radius 2 is 1.81 bits per heavy atom. The molecule has 1 unspecified atom stereocenters. The van der Waals surface area contributed by atoms with Crippen molar-refractivity contribution < 1.29 is 14.2 Å². The fourth-order valence-corrected chi connectivity index (χ4v) is 2.49. The summed E-state index contributed by atoms with van der Waals surface area (Å²) in [5.41, 5.74) is 1.23. The number of aliphatic imine (C=N–C) groups is 1. The molecule has 0 fully saturated rings. The Kier molecular flexibility index (Phi) is 10.7. The maximum Gasteiger partial charge on any atom is 0.191 e. The molecule has 0 aromatic heterocycles. The summed E-state index contributed by atoms with van der Waals surface area (Å²) in [5.74, 6) is 0.935. The molecule has 0 heterocycles. The standard InChI is InChI=1S/C20H26FN3O2.HI/c1-3-22-20(23-13-15-9-5-8-12-19(15)26-4-2)24-14-18(25)16-10-6-7-11-17(16)21;/h5-12,18,25H,3-4,13-14H2,1-2H3,(H2,22,23,24);1H. The van der Waals surface area contributed by atoms with E-state index < -0.39 is 11.9 Å². The summed E-state index contributed by atoms with van der Waals surface area (Å²) in [7, 11) is 0. The van der Waals surface area contributed by atoms with Gasteiger partial charge < -0.3 is 20.5 Å². The van der Waals surface area contributed by atoms with Crippen molar-refractivity contribution in [3.05, 3.63) is 65.5 Å². The van der Waals surface area contributed by atoms with E-state index in [4.69, 9.17) is 4.74 Å². The van der Waals surface area contributed by atoms with Gasteiger partial charge in [-0.1, -0.05) is 36.4 Å². The number of nitrogens with one attached hydrogen (secondary N) is 2. The molecular weight excluding hydrogens is 460 g/mol. The second kappa shape index (κ2) is 12.5. The average molecular weight is 487 g/mol. The number of ether oxygens (including phenoxy) is 1. The number of nitrogens with zero attached hydrogens (tertiary/aromatic N) is 1. The highest BCUT2D eigenvalue weighted by atomic mass is 127. The van der Waals surface area contributed by atoms with Gasteiger partial charge in [-0.2, -0.15) is 0 Å². The highest BCUT2D eigenvalue weighted by molar-refractivity contribution is 14.0. The summed E-state index contributed by atoms with van der Waals surface area (Å²) in [6.45, 7) is 5.75. The van der Waals surface area contributed by atoms with Crippen molar-refractivity contribution in [3.8, 4) is 5.75 Å². The quantitative estimate of drug-likeness (QED) is 0.302. The monoisotopic (exact) mass is 487 g/mol. The third kappa shape index (κ3) is 7.34. The van der Waals surface area contributed by atoms with Crippen LogP contribution >= 0.6 is 24.0 Å². The molecule has 0 amide bonds. The van der Waals surface area contributed by atoms with Crippen LogP contribution in [0.15, 0.2) is 53.5 Å². The van der Waals surface area contributed by atoms with Crippen LogP contribution in [0.5, 0.6) is 5.75 Å². The second-order valence-corrected chi connectivity index (χ2v) is 5.65. The van der Waals surface area contributed by atoms with E-state index in [0.717, 1.165) is 11.3 Å². The van der Waals surface area contributed by atoms with Gasteiger partial charge in [0.2, 0.25) is 0 Å². The minimum absolute atomic E-state index is 0. The van der Waals surface area contributed by atoms with Crippen LogP contribution in [-0.4, -0.2) is 30.8 Å². The van der Waals surface area contributed by atoms with E-state index >= 15 is 0 Å². The number of para-hydroxylation sites is 1. The zero-order chi connectivity index (χ0) is 18.8. The topological polar surface area (TPSA) is 65.9 Å². The van der Waals surface area contributed by atoms with Gasteiger partial charge in [-0.3, -0.25) is 0 Å². The van der Waals surface area contributed by atoms with Gasteiger partial charge in [-0.15, -0.1) is 24.0 Å². The first-order chi connectivity index (χ1) is 12.7. The zero-order valence-electron chi connectivity index (χ0n) is 15.6. The maximum absolute atomic E-state index is 13.8. The molecule has 0 bridgehead atoms. The fourth-order valence-electron chi connectivity index (χ4n) is 2.49. The van der Waals surface area contributed by atoms with Gasteiger partial charge in [0.05, 0.1) is 19.3 Å². The zero-order valence-corrected chi connectivity index (χ0v) is 17.9. The number of aliphatic hydroxyl groups is 1. The van der Waals surface area contributed by atoms with Crippen LogP contribution in [0.3, 0.4) is 0 Å². The van der Waals surface area contributed by atoms with Gasteiger partial charge in [-0.05, 0) is 26.0 Å². The van der Waals surface area contributed by atoms with Gasteiger partial charge in [0.1, 0.15) is 11.6 Å². The molecule has 27 heavy (non-hydrogen) atoms. The molecule has 7 heteroatoms. The first-order valence-corrected chi connectivity index (χ1v) is 8.81. The minimum atomic E-state index is -0.962. The summed E-state index contributed by atoms with van der Waals surface area (Å²) in [6.07, 6.45) is -0.962. The SMILES string of the molecule is CCNC(=NCc1ccccc1OCC)NCC(O)c1ccccc1F.I. The van der Waals surface area contributed by atoms with Gasteiger partial charge in [0, 0.05) is 24.2 Å². The molecule has 2 rings (SSSR count). The summed E-state index contributed by atoms with van der Waals surface area (Å²) in [5, 5.41) is 16.4. The molecule has 148 valence electrons. The molecule has 0 aliphatic rings. The number of guanidine groups is 1. The third-order valence-electron chi connectivity index (χ3n) is 3.75. The smallest absolute Gasteiger partial charge is 0.191 e. The predicted molar refractivity (Wildman–Crippen MR) is 117 cm³/mol. The van der Waals surface area contributed by atoms with Crippen molar-refractivity contribution in [2.24, 2.45) is 4.99 Å². The molecular formula is C20H27FIN3O2. The van der Waals surface area contributed by atoms with Crippen LogP contribution in [0.1, 0.15) is 31.1 Å². The Bertz CT molecular complexity index is 728. The van der Waals surface area contributed by atoms with E-state index in [-0.39, 0.29) is 36.1 Å². The average Bonchev–Trinajstić information content (AvgIpc) is 2.65. The number of halogens is 2. The van der Waals surface area contributed by atoms with E-state index in [9.17, 15) is 9.50 Å². The van der Waals surface area contributed by atoms with Crippen LogP contribution in [0.2, 0.25) is 0 Å². The van der Waals surface area contributed by atoms with Crippen LogP contribution < -0.4 is 15.4 Å². The van der Waals surface area contributed by atoms with Crippen LogP contribution in [0, 0.1) is 5.82 Å². The summed E-state index contributed by atoms with van der Waals surface area (Å²) < 4.78 is 19.4. The molecule has 0 radical (unpaired) electrons. The number of aliphatic hydroxyl groups excluding tert-OH is 1. The molecule has 0 spiro atoms. The molecule has 0 aliphatic carbocycles. The van der Waals surface area contributed by atoms with Gasteiger partial charge in [-0.25, -0.2) is 9.38 Å². The predicted octanol–water partition coefficient (Wildman–Crippen LogP) is 3.63. The number of hydrogen-bond donors (Lipinski definition) is 3. The van der Waals surface area contributed by atoms with Crippen molar-refractivity contribution in [2.75, 3.05) is 19.7 Å². The summed E-state index contributed by atoms with van der Waals surface area (Å²) in [6, 6.07) is 13.9. The second-order valence-electron chi connectivity index (χ2n) is 5.65. The first kappa shape index (κ1) is 23.2. The molecule has 0 saturated carbocycles. The van der Waals surface area contributed by atoms with Crippen LogP contribution in [0.25, 0.3) is 0 Å². The molecule has 5 nitrogen and oxygen atoms in total. The van der Waals surface area contributed by atoms with Crippen molar-refractivity contribution in [3.63, 3.8) is 0 Å². The van der Waals surface area contributed by atoms with Crippen molar-refractivity contribution in [1.29, 1.82) is 0 Å². The number of benzene rings is 2. The van der Waals surface area contributed by atoms with Gasteiger partial charge >= 0.3 is 0 Å². The normalized spacial score (nSPS) is 12.1. The molecule has 3 N–H and O–H groups in total. The Labute approximate surface area is 177 Å². The Balaban J connectivity index is 0.00000364. The lowest BCUT2D eigenvalue weighted by Crippen LogP contribution is -2.39. The van der Waals surface area contributed by atoms with Gasteiger partial charge in [0.25, 0.3) is 0 Å². The van der Waals surface area contributed by atoms with Gasteiger partial charge in [0.15, 0.2) is 5.96 Å².